The van der Waals surface area contributed by atoms with Crippen molar-refractivity contribution in [3.8, 4) is 0 Å². The number of benzene rings is 1. The molecule has 1 fully saturated rings. The normalized spacial score (nSPS) is 15.5. The Kier molecular flexibility index (Phi) is 5.56. The summed E-state index contributed by atoms with van der Waals surface area (Å²) < 4.78 is 2.08. The summed E-state index contributed by atoms with van der Waals surface area (Å²) in [6, 6.07) is 10.8. The van der Waals surface area contributed by atoms with Gasteiger partial charge in [0.1, 0.15) is 6.33 Å². The van der Waals surface area contributed by atoms with E-state index in [0.717, 1.165) is 17.1 Å². The van der Waals surface area contributed by atoms with Gasteiger partial charge in [0.15, 0.2) is 5.16 Å². The molecule has 3 rings (SSSR count). The van der Waals surface area contributed by atoms with Gasteiger partial charge in [-0.1, -0.05) is 55.9 Å². The molecule has 1 aromatic heterocycles. The van der Waals surface area contributed by atoms with Crippen molar-refractivity contribution in [2.75, 3.05) is 5.75 Å². The number of carbonyl (C=O) groups is 1. The maximum atomic E-state index is 12.4. The third kappa shape index (κ3) is 4.60. The summed E-state index contributed by atoms with van der Waals surface area (Å²) in [5.41, 5.74) is 1.16. The highest BCUT2D eigenvalue weighted by Crippen LogP contribution is 2.37. The van der Waals surface area contributed by atoms with Crippen molar-refractivity contribution in [1.82, 2.24) is 20.1 Å². The van der Waals surface area contributed by atoms with Gasteiger partial charge >= 0.3 is 0 Å². The van der Waals surface area contributed by atoms with Crippen LogP contribution in [0.3, 0.4) is 0 Å². The lowest BCUT2D eigenvalue weighted by Gasteiger charge is -2.21. The van der Waals surface area contributed by atoms with Crippen LogP contribution in [0.4, 0.5) is 0 Å². The zero-order chi connectivity index (χ0) is 16.9. The van der Waals surface area contributed by atoms with Gasteiger partial charge in [0.25, 0.3) is 0 Å². The molecule has 2 aromatic rings. The number of hydrogen-bond donors (Lipinski definition) is 1. The number of nitrogens with zero attached hydrogens (tertiary/aromatic N) is 3. The smallest absolute Gasteiger partial charge is 0.230 e. The number of carbonyl (C=O) groups excluding carboxylic acids is 1. The molecule has 1 aromatic carbocycles. The van der Waals surface area contributed by atoms with Crippen LogP contribution < -0.4 is 5.32 Å². The van der Waals surface area contributed by atoms with Crippen molar-refractivity contribution in [3.05, 3.63) is 42.2 Å². The summed E-state index contributed by atoms with van der Waals surface area (Å²) in [5.74, 6) is 0.924. The molecule has 6 heteroatoms. The first-order valence-electron chi connectivity index (χ1n) is 8.50. The van der Waals surface area contributed by atoms with Crippen LogP contribution in [0.15, 0.2) is 41.8 Å². The molecule has 1 atom stereocenters. The van der Waals surface area contributed by atoms with E-state index in [4.69, 9.17) is 0 Å². The average Bonchev–Trinajstić information content (AvgIpc) is 3.31. The highest BCUT2D eigenvalue weighted by atomic mass is 32.2. The van der Waals surface area contributed by atoms with Crippen molar-refractivity contribution in [2.45, 2.75) is 50.4 Å². The second kappa shape index (κ2) is 7.83. The van der Waals surface area contributed by atoms with E-state index >= 15 is 0 Å². The van der Waals surface area contributed by atoms with Crippen LogP contribution in [0.25, 0.3) is 0 Å². The number of nitrogens with one attached hydrogen (secondary N) is 1. The van der Waals surface area contributed by atoms with Crippen molar-refractivity contribution in [1.29, 1.82) is 0 Å². The summed E-state index contributed by atoms with van der Waals surface area (Å²) in [6.07, 6.45) is 5.06. The molecule has 0 aliphatic heterocycles. The second-order valence-corrected chi connectivity index (χ2v) is 7.64. The number of amides is 1. The fourth-order valence-electron chi connectivity index (χ4n) is 2.74. The Morgan fingerprint density at radius 3 is 2.75 bits per heavy atom. The number of hydrogen-bond acceptors (Lipinski definition) is 4. The van der Waals surface area contributed by atoms with E-state index in [-0.39, 0.29) is 11.9 Å². The minimum absolute atomic E-state index is 0.0415. The molecule has 5 nitrogen and oxygen atoms in total. The predicted molar refractivity (Wildman–Crippen MR) is 95.8 cm³/mol. The van der Waals surface area contributed by atoms with Gasteiger partial charge < -0.3 is 9.88 Å². The molecule has 1 heterocycles. The summed E-state index contributed by atoms with van der Waals surface area (Å²) in [6.45, 7) is 4.35. The molecule has 1 aliphatic rings. The van der Waals surface area contributed by atoms with Crippen LogP contribution >= 0.6 is 11.8 Å². The lowest BCUT2D eigenvalue weighted by atomic mass is 9.97. The molecule has 1 saturated carbocycles. The summed E-state index contributed by atoms with van der Waals surface area (Å²) >= 11 is 1.46. The first kappa shape index (κ1) is 17.0. The SMILES string of the molecule is CC(C)C[C@H](NC(=O)CSc1nncn1C1CC1)c1ccccc1. The summed E-state index contributed by atoms with van der Waals surface area (Å²) in [4.78, 5) is 12.4. The van der Waals surface area contributed by atoms with E-state index in [1.807, 2.05) is 18.2 Å². The van der Waals surface area contributed by atoms with Crippen LogP contribution in [0.1, 0.15) is 50.8 Å². The Balaban J connectivity index is 1.58. The van der Waals surface area contributed by atoms with Crippen molar-refractivity contribution < 1.29 is 4.79 Å². The molecule has 1 N–H and O–H groups in total. The maximum Gasteiger partial charge on any atom is 0.230 e. The lowest BCUT2D eigenvalue weighted by molar-refractivity contribution is -0.119. The zero-order valence-electron chi connectivity index (χ0n) is 14.2. The molecule has 0 unspecified atom stereocenters. The van der Waals surface area contributed by atoms with Gasteiger partial charge in [0.2, 0.25) is 5.91 Å². The largest absolute Gasteiger partial charge is 0.349 e. The third-order valence-electron chi connectivity index (χ3n) is 4.06. The van der Waals surface area contributed by atoms with Gasteiger partial charge in [-0.3, -0.25) is 4.79 Å². The first-order chi connectivity index (χ1) is 11.6. The van der Waals surface area contributed by atoms with E-state index in [1.165, 1.54) is 24.6 Å². The molecule has 24 heavy (non-hydrogen) atoms. The number of rotatable bonds is 8. The second-order valence-electron chi connectivity index (χ2n) is 6.70. The molecule has 0 saturated heterocycles. The highest BCUT2D eigenvalue weighted by molar-refractivity contribution is 7.99. The van der Waals surface area contributed by atoms with Crippen LogP contribution in [-0.4, -0.2) is 26.4 Å². The van der Waals surface area contributed by atoms with E-state index in [9.17, 15) is 4.79 Å². The molecular weight excluding hydrogens is 320 g/mol. The van der Waals surface area contributed by atoms with Crippen LogP contribution in [-0.2, 0) is 4.79 Å². The molecule has 1 amide bonds. The van der Waals surface area contributed by atoms with E-state index in [2.05, 4.69) is 46.1 Å². The highest BCUT2D eigenvalue weighted by Gasteiger charge is 2.26. The van der Waals surface area contributed by atoms with Gasteiger partial charge in [0, 0.05) is 6.04 Å². The average molecular weight is 344 g/mol. The molecule has 0 radical (unpaired) electrons. The Labute approximate surface area is 147 Å². The Morgan fingerprint density at radius 2 is 2.08 bits per heavy atom. The Morgan fingerprint density at radius 1 is 1.33 bits per heavy atom. The quantitative estimate of drug-likeness (QED) is 0.743. The Hall–Kier alpha value is -1.82. The predicted octanol–water partition coefficient (Wildman–Crippen LogP) is 3.61. The molecule has 0 bridgehead atoms. The van der Waals surface area contributed by atoms with E-state index < -0.39 is 0 Å². The van der Waals surface area contributed by atoms with E-state index in [0.29, 0.717) is 17.7 Å². The summed E-state index contributed by atoms with van der Waals surface area (Å²) in [5, 5.41) is 12.1. The van der Waals surface area contributed by atoms with Gasteiger partial charge in [-0.05, 0) is 30.7 Å². The van der Waals surface area contributed by atoms with Crippen LogP contribution in [0.2, 0.25) is 0 Å². The molecular formula is C18H24N4OS. The third-order valence-corrected chi connectivity index (χ3v) is 5.01. The monoisotopic (exact) mass is 344 g/mol. The van der Waals surface area contributed by atoms with Gasteiger partial charge in [-0.15, -0.1) is 10.2 Å². The van der Waals surface area contributed by atoms with Crippen molar-refractivity contribution in [2.24, 2.45) is 5.92 Å². The zero-order valence-corrected chi connectivity index (χ0v) is 15.0. The summed E-state index contributed by atoms with van der Waals surface area (Å²) in [7, 11) is 0. The van der Waals surface area contributed by atoms with Crippen molar-refractivity contribution >= 4 is 17.7 Å². The standard InChI is InChI=1S/C18H24N4OS/c1-13(2)10-16(14-6-4-3-5-7-14)20-17(23)11-24-18-21-19-12-22(18)15-8-9-15/h3-7,12-13,15-16H,8-11H2,1-2H3,(H,20,23)/t16-/m0/s1. The number of thioether (sulfide) groups is 1. The van der Waals surface area contributed by atoms with Gasteiger partial charge in [-0.25, -0.2) is 0 Å². The van der Waals surface area contributed by atoms with Gasteiger partial charge in [0.05, 0.1) is 11.8 Å². The topological polar surface area (TPSA) is 59.8 Å². The molecule has 128 valence electrons. The molecule has 0 spiro atoms. The minimum atomic E-state index is 0.0415. The fourth-order valence-corrected chi connectivity index (χ4v) is 3.53. The van der Waals surface area contributed by atoms with Crippen LogP contribution in [0.5, 0.6) is 0 Å². The fraction of sp³-hybridized carbons (Fsp3) is 0.500. The maximum absolute atomic E-state index is 12.4. The Bertz CT molecular complexity index is 667. The number of aromatic nitrogens is 3. The lowest BCUT2D eigenvalue weighted by Crippen LogP contribution is -2.31. The van der Waals surface area contributed by atoms with Gasteiger partial charge in [-0.2, -0.15) is 0 Å². The molecule has 1 aliphatic carbocycles. The minimum Gasteiger partial charge on any atom is -0.349 e. The first-order valence-corrected chi connectivity index (χ1v) is 9.48. The van der Waals surface area contributed by atoms with Crippen LogP contribution in [0, 0.1) is 5.92 Å². The van der Waals surface area contributed by atoms with Crippen molar-refractivity contribution in [3.63, 3.8) is 0 Å². The van der Waals surface area contributed by atoms with E-state index in [1.54, 1.807) is 6.33 Å².